The van der Waals surface area contributed by atoms with Gasteiger partial charge in [0.05, 0.1) is 48.7 Å². The molecule has 8 amide bonds. The number of amides is 8. The van der Waals surface area contributed by atoms with Crippen LogP contribution in [0.25, 0.3) is 22.1 Å². The van der Waals surface area contributed by atoms with Gasteiger partial charge >= 0.3 is 0 Å². The molecule has 0 spiro atoms. The highest BCUT2D eigenvalue weighted by atomic mass is 16.5. The number of ether oxygens (including phenoxy) is 3. The Labute approximate surface area is 449 Å². The molecule has 1 atom stereocenters. The zero-order chi connectivity index (χ0) is 57.4. The second-order valence-electron chi connectivity index (χ2n) is 17.8. The quantitative estimate of drug-likeness (QED) is 0.0266. The number of nitrogens with two attached hydrogens (primary N) is 3. The molecule has 78 heavy (non-hydrogen) atoms. The van der Waals surface area contributed by atoms with E-state index in [9.17, 15) is 33.6 Å². The Kier molecular flexibility index (Phi) is 21.1. The van der Waals surface area contributed by atoms with Crippen LogP contribution >= 0.6 is 0 Å². The summed E-state index contributed by atoms with van der Waals surface area (Å²) in [7, 11) is 4.82. The number of imidazole rings is 2. The molecule has 8 N–H and O–H groups in total. The fraction of sp³-hybridized carbons (Fsp3) is 0.385. The molecular weight excluding hydrogens is 1010 g/mol. The van der Waals surface area contributed by atoms with Crippen molar-refractivity contribution in [3.63, 3.8) is 0 Å². The van der Waals surface area contributed by atoms with Crippen molar-refractivity contribution in [1.29, 1.82) is 0 Å². The lowest BCUT2D eigenvalue weighted by molar-refractivity contribution is -0.137. The maximum Gasteiger partial charge on any atom is 0.276 e. The first-order chi connectivity index (χ1) is 37.2. The maximum atomic E-state index is 13.8. The Balaban J connectivity index is 0.000000648. The minimum atomic E-state index is -0.657. The summed E-state index contributed by atoms with van der Waals surface area (Å²) >= 11 is 0. The molecule has 6 aromatic rings. The van der Waals surface area contributed by atoms with E-state index >= 15 is 0 Å². The van der Waals surface area contributed by atoms with Gasteiger partial charge in [-0.05, 0) is 89.9 Å². The van der Waals surface area contributed by atoms with Crippen molar-refractivity contribution in [3.05, 3.63) is 94.6 Å². The molecule has 5 heterocycles. The third-order valence-electron chi connectivity index (χ3n) is 12.0. The van der Waals surface area contributed by atoms with Crippen LogP contribution in [0.2, 0.25) is 0 Å². The van der Waals surface area contributed by atoms with Crippen molar-refractivity contribution >= 4 is 81.7 Å². The number of imide groups is 1. The van der Waals surface area contributed by atoms with Crippen LogP contribution in [0, 0.1) is 20.8 Å². The second kappa shape index (κ2) is 27.5. The first-order valence-corrected chi connectivity index (χ1v) is 24.8. The zero-order valence-corrected chi connectivity index (χ0v) is 45.2. The number of methoxy groups -OCH3 is 2. The van der Waals surface area contributed by atoms with Crippen molar-refractivity contribution in [2.24, 2.45) is 17.2 Å². The molecule has 0 fully saturated rings. The fourth-order valence-corrected chi connectivity index (χ4v) is 8.15. The van der Waals surface area contributed by atoms with Crippen LogP contribution in [0.15, 0.2) is 60.7 Å². The molecule has 26 heteroatoms. The van der Waals surface area contributed by atoms with Crippen LogP contribution in [-0.2, 0) is 54.9 Å². The number of carbonyl (C=O) groups is 8. The number of rotatable bonds is 23. The van der Waals surface area contributed by atoms with Gasteiger partial charge in [0.25, 0.3) is 23.6 Å². The Bertz CT molecular complexity index is 3240. The SMILES string of the molecule is CCn1nc(C)cc1C(=O)Nc1nc2cc(C(N)=O)cc(OC)c2n1C/C=C/Cn1c(NC(=O)c2cc(C)nn2CC)nc2cc(C)cc(OCCCN(C)C(=O)CC(C)OC)c21.NC(=O)CCN1C(=O)C=CC1=O.NC=O. The molecule has 1 unspecified atom stereocenters. The van der Waals surface area contributed by atoms with Gasteiger partial charge in [0, 0.05) is 77.6 Å². The lowest BCUT2D eigenvalue weighted by Crippen LogP contribution is -2.33. The van der Waals surface area contributed by atoms with Gasteiger partial charge in [0.15, 0.2) is 0 Å². The van der Waals surface area contributed by atoms with E-state index in [0.29, 0.717) is 95.0 Å². The van der Waals surface area contributed by atoms with Gasteiger partial charge in [-0.2, -0.15) is 10.2 Å². The number of anilines is 2. The number of allylic oxidation sites excluding steroid dienone is 2. The summed E-state index contributed by atoms with van der Waals surface area (Å²) in [6.45, 7) is 13.5. The predicted molar refractivity (Wildman–Crippen MR) is 288 cm³/mol. The van der Waals surface area contributed by atoms with Crippen molar-refractivity contribution < 1.29 is 52.6 Å². The first kappa shape index (κ1) is 59.7. The summed E-state index contributed by atoms with van der Waals surface area (Å²) < 4.78 is 24.3. The van der Waals surface area contributed by atoms with Crippen LogP contribution in [0.3, 0.4) is 0 Å². The minimum Gasteiger partial charge on any atom is -0.494 e. The number of hydrogen-bond acceptors (Lipinski definition) is 15. The van der Waals surface area contributed by atoms with E-state index in [1.165, 1.54) is 25.3 Å². The summed E-state index contributed by atoms with van der Waals surface area (Å²) in [6.07, 6.45) is 7.07. The molecule has 0 saturated heterocycles. The molecule has 0 saturated carbocycles. The number of aromatic nitrogens is 8. The number of nitrogens with one attached hydrogen (secondary N) is 2. The number of fused-ring (bicyclic) bond motifs is 2. The van der Waals surface area contributed by atoms with E-state index in [1.807, 2.05) is 70.4 Å². The predicted octanol–water partition coefficient (Wildman–Crippen LogP) is 3.15. The van der Waals surface area contributed by atoms with Crippen LogP contribution in [-0.4, -0.2) is 143 Å². The summed E-state index contributed by atoms with van der Waals surface area (Å²) in [6, 6.07) is 10.4. The normalized spacial score (nSPS) is 12.3. The molecule has 1 aliphatic rings. The Morgan fingerprint density at radius 3 is 1.76 bits per heavy atom. The number of carbonyl (C=O) groups excluding carboxylic acids is 8. The van der Waals surface area contributed by atoms with Crippen LogP contribution in [0.5, 0.6) is 11.5 Å². The molecule has 7 rings (SSSR count). The van der Waals surface area contributed by atoms with Crippen LogP contribution in [0.1, 0.15) is 88.3 Å². The molecule has 26 nitrogen and oxygen atoms in total. The van der Waals surface area contributed by atoms with Gasteiger partial charge in [-0.15, -0.1) is 0 Å². The van der Waals surface area contributed by atoms with Gasteiger partial charge in [0.2, 0.25) is 36.0 Å². The summed E-state index contributed by atoms with van der Waals surface area (Å²) in [5, 5.41) is 14.8. The molecule has 2 aromatic carbocycles. The average Bonchev–Trinajstić information content (AvgIpc) is 4.25. The zero-order valence-electron chi connectivity index (χ0n) is 45.2. The van der Waals surface area contributed by atoms with E-state index < -0.39 is 17.7 Å². The number of primary amides is 3. The molecule has 0 aliphatic carbocycles. The van der Waals surface area contributed by atoms with E-state index in [1.54, 1.807) is 51.2 Å². The number of hydrogen-bond donors (Lipinski definition) is 5. The van der Waals surface area contributed by atoms with E-state index in [4.69, 9.17) is 40.4 Å². The highest BCUT2D eigenvalue weighted by Gasteiger charge is 2.25. The van der Waals surface area contributed by atoms with Gasteiger partial charge in [0.1, 0.15) is 33.9 Å². The lowest BCUT2D eigenvalue weighted by atomic mass is 10.1. The van der Waals surface area contributed by atoms with Crippen molar-refractivity contribution in [1.82, 2.24) is 48.5 Å². The van der Waals surface area contributed by atoms with E-state index in [2.05, 4.69) is 26.6 Å². The van der Waals surface area contributed by atoms with E-state index in [0.717, 1.165) is 10.5 Å². The molecule has 1 aliphatic heterocycles. The molecule has 4 aromatic heterocycles. The van der Waals surface area contributed by atoms with Crippen molar-refractivity contribution in [2.75, 3.05) is 51.6 Å². The minimum absolute atomic E-state index is 0.0131. The number of nitrogens with zero attached hydrogens (tertiary/aromatic N) is 10. The maximum absolute atomic E-state index is 13.8. The highest BCUT2D eigenvalue weighted by Crippen LogP contribution is 2.33. The molecular formula is C52H67N15O11. The summed E-state index contributed by atoms with van der Waals surface area (Å²) in [5.74, 6) is -1.38. The standard InChI is InChI=1S/C44H56N12O7.C7H8N2O3.CH3NO/c1-10-55-33(21-27(4)50-55)41(59)48-43-46-31-19-26(3)20-36(63-18-14-15-52(7)37(57)23-29(6)61-8)39(31)54(43)17-13-12-16-53-38-32(24-30(40(45)58)25-35(38)62-9)47-44(53)49-42(60)34-22-28(5)51-56(34)11-2;8-5(10)3-4-9-6(11)1-2-7(9)12;2-1-3/h12-13,19-22,24-25,29H,10-11,14-18,23H2,1-9H3,(H2,45,58)(H,46,48,59)(H,47,49,60);1-2H,3-4H2,(H2,8,10);1H,(H2,2,3)/b13-12+;;. The first-order valence-electron chi connectivity index (χ1n) is 24.8. The lowest BCUT2D eigenvalue weighted by Gasteiger charge is -2.19. The summed E-state index contributed by atoms with van der Waals surface area (Å²) in [4.78, 5) is 105. The fourth-order valence-electron chi connectivity index (χ4n) is 8.15. The summed E-state index contributed by atoms with van der Waals surface area (Å²) in [5.41, 5.74) is 20.1. The number of aryl methyl sites for hydroxylation is 5. The monoisotopic (exact) mass is 1080 g/mol. The molecule has 416 valence electrons. The third-order valence-corrected chi connectivity index (χ3v) is 12.0. The Hall–Kier alpha value is -9.20. The largest absolute Gasteiger partial charge is 0.494 e. The topological polar surface area (TPSA) is 344 Å². The van der Waals surface area contributed by atoms with Gasteiger partial charge in [-0.1, -0.05) is 12.2 Å². The van der Waals surface area contributed by atoms with Crippen LogP contribution in [0.4, 0.5) is 11.9 Å². The second-order valence-corrected chi connectivity index (χ2v) is 17.8. The highest BCUT2D eigenvalue weighted by molar-refractivity contribution is 6.13. The molecule has 0 bridgehead atoms. The van der Waals surface area contributed by atoms with Crippen LogP contribution < -0.4 is 37.3 Å². The number of benzene rings is 2. The smallest absolute Gasteiger partial charge is 0.276 e. The Morgan fingerprint density at radius 2 is 1.28 bits per heavy atom. The Morgan fingerprint density at radius 1 is 0.769 bits per heavy atom. The van der Waals surface area contributed by atoms with Gasteiger partial charge < -0.3 is 45.4 Å². The van der Waals surface area contributed by atoms with Crippen molar-refractivity contribution in [3.8, 4) is 11.5 Å². The van der Waals surface area contributed by atoms with E-state index in [-0.39, 0.29) is 80.1 Å². The van der Waals surface area contributed by atoms with Gasteiger partial charge in [-0.25, -0.2) is 9.97 Å². The average molecular weight is 1080 g/mol. The molecule has 0 radical (unpaired) electrons. The van der Waals surface area contributed by atoms with Gasteiger partial charge in [-0.3, -0.25) is 63.3 Å². The third kappa shape index (κ3) is 15.0. The van der Waals surface area contributed by atoms with Crippen molar-refractivity contribution in [2.45, 2.75) is 93.1 Å².